The number of piperidine rings is 1. The Morgan fingerprint density at radius 1 is 1.00 bits per heavy atom. The van der Waals surface area contributed by atoms with Gasteiger partial charge in [0.1, 0.15) is 18.2 Å². The summed E-state index contributed by atoms with van der Waals surface area (Å²) in [6, 6.07) is 18.5. The van der Waals surface area contributed by atoms with Gasteiger partial charge in [-0.2, -0.15) is 0 Å². The highest BCUT2D eigenvalue weighted by Gasteiger charge is 2.32. The molecule has 0 aliphatic carbocycles. The lowest BCUT2D eigenvalue weighted by molar-refractivity contribution is -0.114. The van der Waals surface area contributed by atoms with Crippen LogP contribution in [0, 0.1) is 5.92 Å². The van der Waals surface area contributed by atoms with E-state index in [2.05, 4.69) is 22.6 Å². The third-order valence-corrected chi connectivity index (χ3v) is 6.65. The van der Waals surface area contributed by atoms with Crippen LogP contribution in [0.2, 0.25) is 0 Å². The van der Waals surface area contributed by atoms with Crippen LogP contribution in [0.4, 0.5) is 0 Å². The van der Waals surface area contributed by atoms with Crippen molar-refractivity contribution in [3.8, 4) is 5.75 Å². The van der Waals surface area contributed by atoms with Crippen molar-refractivity contribution < 1.29 is 9.53 Å². The minimum Gasteiger partial charge on any atom is -0.489 e. The van der Waals surface area contributed by atoms with Gasteiger partial charge in [0.25, 0.3) is 0 Å². The van der Waals surface area contributed by atoms with Crippen LogP contribution in [0.15, 0.2) is 66.0 Å². The molecule has 2 heterocycles. The maximum absolute atomic E-state index is 12.4. The van der Waals surface area contributed by atoms with Crippen LogP contribution in [0.1, 0.15) is 30.4 Å². The molecule has 0 aromatic heterocycles. The Balaban J connectivity index is 1.45. The van der Waals surface area contributed by atoms with Crippen molar-refractivity contribution in [3.63, 3.8) is 0 Å². The van der Waals surface area contributed by atoms with Crippen molar-refractivity contribution in [3.05, 3.63) is 77.1 Å². The Morgan fingerprint density at radius 3 is 2.41 bits per heavy atom. The van der Waals surface area contributed by atoms with Crippen LogP contribution in [-0.4, -0.2) is 43.5 Å². The van der Waals surface area contributed by atoms with Gasteiger partial charge in [0.05, 0.1) is 5.57 Å². The zero-order valence-electron chi connectivity index (χ0n) is 18.8. The minimum absolute atomic E-state index is 0.366. The number of carbonyl (C=O) groups is 1. The standard InChI is InChI=1S/C26H34N4O2/c1-30-24(21-11-14-28-15-12-21)13-16-29-26(30)23(25(27)31)17-19-7-9-22(10-8-19)32-18-20-5-3-2-4-6-20/h2-10,21,24,28-29H,11-18H2,1H3,(H2,27,31)/b26-23+. The first-order valence-electron chi connectivity index (χ1n) is 11.6. The number of nitrogens with one attached hydrogen (secondary N) is 2. The normalized spacial score (nSPS) is 21.0. The summed E-state index contributed by atoms with van der Waals surface area (Å²) in [5, 5.41) is 6.90. The molecule has 2 aromatic carbocycles. The topological polar surface area (TPSA) is 79.6 Å². The second-order valence-corrected chi connectivity index (χ2v) is 8.77. The number of carbonyl (C=O) groups excluding carboxylic acids is 1. The van der Waals surface area contributed by atoms with Gasteiger partial charge in [-0.25, -0.2) is 0 Å². The molecule has 170 valence electrons. The van der Waals surface area contributed by atoms with Gasteiger partial charge < -0.3 is 26.0 Å². The Morgan fingerprint density at radius 2 is 1.72 bits per heavy atom. The number of rotatable bonds is 7. The molecular weight excluding hydrogens is 400 g/mol. The van der Waals surface area contributed by atoms with Crippen molar-refractivity contribution in [1.29, 1.82) is 0 Å². The van der Waals surface area contributed by atoms with E-state index in [4.69, 9.17) is 10.5 Å². The predicted molar refractivity (Wildman–Crippen MR) is 127 cm³/mol. The van der Waals surface area contributed by atoms with Crippen LogP contribution in [0.3, 0.4) is 0 Å². The van der Waals surface area contributed by atoms with Crippen molar-refractivity contribution in [2.45, 2.75) is 38.3 Å². The zero-order chi connectivity index (χ0) is 22.3. The molecule has 2 fully saturated rings. The Bertz CT molecular complexity index is 921. The molecule has 6 heteroatoms. The highest BCUT2D eigenvalue weighted by atomic mass is 16.5. The van der Waals surface area contributed by atoms with Gasteiger partial charge >= 0.3 is 0 Å². The number of benzene rings is 2. The molecule has 0 saturated carbocycles. The maximum atomic E-state index is 12.4. The summed E-state index contributed by atoms with van der Waals surface area (Å²) in [5.41, 5.74) is 8.66. The SMILES string of the molecule is CN1/C(=C(\Cc2ccc(OCc3ccccc3)cc2)C(N)=O)NCCC1C1CCNCC1. The lowest BCUT2D eigenvalue weighted by atomic mass is 9.86. The minimum atomic E-state index is -0.366. The fourth-order valence-electron chi connectivity index (χ4n) is 4.86. The first-order valence-corrected chi connectivity index (χ1v) is 11.6. The number of nitrogens with two attached hydrogens (primary N) is 1. The lowest BCUT2D eigenvalue weighted by Crippen LogP contribution is -2.51. The van der Waals surface area contributed by atoms with Crippen LogP contribution in [-0.2, 0) is 17.8 Å². The Labute approximate surface area is 190 Å². The largest absolute Gasteiger partial charge is 0.489 e. The van der Waals surface area contributed by atoms with E-state index in [-0.39, 0.29) is 5.91 Å². The number of hydrogen-bond donors (Lipinski definition) is 3. The molecule has 4 rings (SSSR count). The van der Waals surface area contributed by atoms with Crippen LogP contribution in [0.5, 0.6) is 5.75 Å². The predicted octanol–water partition coefficient (Wildman–Crippen LogP) is 2.80. The number of primary amides is 1. The van der Waals surface area contributed by atoms with Gasteiger partial charge in [0.2, 0.25) is 5.91 Å². The van der Waals surface area contributed by atoms with Gasteiger partial charge in [-0.1, -0.05) is 42.5 Å². The smallest absolute Gasteiger partial charge is 0.248 e. The van der Waals surface area contributed by atoms with Gasteiger partial charge in [-0.05, 0) is 61.5 Å². The van der Waals surface area contributed by atoms with E-state index < -0.39 is 0 Å². The van der Waals surface area contributed by atoms with Crippen molar-refractivity contribution in [2.24, 2.45) is 11.7 Å². The third-order valence-electron chi connectivity index (χ3n) is 6.65. The monoisotopic (exact) mass is 434 g/mol. The van der Waals surface area contributed by atoms with E-state index in [1.54, 1.807) is 0 Å². The molecule has 2 saturated heterocycles. The first-order chi connectivity index (χ1) is 15.6. The summed E-state index contributed by atoms with van der Waals surface area (Å²) in [6.07, 6.45) is 3.95. The van der Waals surface area contributed by atoms with Crippen LogP contribution in [0.25, 0.3) is 0 Å². The summed E-state index contributed by atoms with van der Waals surface area (Å²) >= 11 is 0. The first kappa shape index (κ1) is 22.2. The second kappa shape index (κ2) is 10.6. The summed E-state index contributed by atoms with van der Waals surface area (Å²) < 4.78 is 5.88. The van der Waals surface area contributed by atoms with E-state index in [9.17, 15) is 4.79 Å². The van der Waals surface area contributed by atoms with Gasteiger partial charge in [-0.3, -0.25) is 4.79 Å². The molecule has 6 nitrogen and oxygen atoms in total. The average molecular weight is 435 g/mol. The molecule has 0 radical (unpaired) electrons. The molecule has 32 heavy (non-hydrogen) atoms. The summed E-state index contributed by atoms with van der Waals surface area (Å²) in [6.45, 7) is 3.55. The second-order valence-electron chi connectivity index (χ2n) is 8.77. The van der Waals surface area contributed by atoms with Gasteiger partial charge in [0.15, 0.2) is 0 Å². The number of amides is 1. The van der Waals surface area contributed by atoms with E-state index in [0.29, 0.717) is 30.6 Å². The quantitative estimate of drug-likeness (QED) is 0.584. The summed E-state index contributed by atoms with van der Waals surface area (Å²) in [7, 11) is 2.09. The van der Waals surface area contributed by atoms with E-state index in [1.807, 2.05) is 54.6 Å². The number of nitrogens with zero attached hydrogens (tertiary/aromatic N) is 1. The molecule has 2 aliphatic rings. The van der Waals surface area contributed by atoms with E-state index in [0.717, 1.165) is 48.8 Å². The fourth-order valence-corrected chi connectivity index (χ4v) is 4.86. The van der Waals surface area contributed by atoms with Crippen molar-refractivity contribution in [1.82, 2.24) is 15.5 Å². The molecule has 0 spiro atoms. The number of hydrogen-bond acceptors (Lipinski definition) is 5. The molecule has 4 N–H and O–H groups in total. The lowest BCUT2D eigenvalue weighted by Gasteiger charge is -2.43. The molecule has 2 aromatic rings. The molecular formula is C26H34N4O2. The van der Waals surface area contributed by atoms with Crippen molar-refractivity contribution >= 4 is 5.91 Å². The Hall–Kier alpha value is -2.99. The van der Waals surface area contributed by atoms with E-state index >= 15 is 0 Å². The Kier molecular flexibility index (Phi) is 7.32. The molecule has 1 atom stereocenters. The summed E-state index contributed by atoms with van der Waals surface area (Å²) in [5.74, 6) is 1.98. The summed E-state index contributed by atoms with van der Waals surface area (Å²) in [4.78, 5) is 14.7. The molecule has 1 unspecified atom stereocenters. The molecule has 1 amide bonds. The average Bonchev–Trinajstić information content (AvgIpc) is 2.83. The molecule has 2 aliphatic heterocycles. The van der Waals surface area contributed by atoms with Gasteiger partial charge in [-0.15, -0.1) is 0 Å². The number of ether oxygens (including phenoxy) is 1. The third kappa shape index (κ3) is 5.43. The highest BCUT2D eigenvalue weighted by molar-refractivity contribution is 5.93. The van der Waals surface area contributed by atoms with Gasteiger partial charge in [0, 0.05) is 26.1 Å². The zero-order valence-corrected chi connectivity index (χ0v) is 18.8. The van der Waals surface area contributed by atoms with E-state index in [1.165, 1.54) is 12.8 Å². The fraction of sp³-hybridized carbons (Fsp3) is 0.423. The molecule has 0 bridgehead atoms. The maximum Gasteiger partial charge on any atom is 0.248 e. The van der Waals surface area contributed by atoms with Crippen LogP contribution >= 0.6 is 0 Å². The van der Waals surface area contributed by atoms with Crippen LogP contribution < -0.4 is 21.1 Å². The highest BCUT2D eigenvalue weighted by Crippen LogP contribution is 2.29. The van der Waals surface area contributed by atoms with Crippen molar-refractivity contribution in [2.75, 3.05) is 26.7 Å².